The molecule has 90 valence electrons. The fraction of sp³-hybridized carbons (Fsp3) is 0.250. The van der Waals surface area contributed by atoms with Crippen molar-refractivity contribution in [3.63, 3.8) is 0 Å². The standard InChI is InChI=1S/C12H14N2O3/c1-17-12(16)6-8-14-11(15)5-4-10-3-2-7-13-9-10/h2-5,7,9H,6,8H2,1H3,(H,14,15). The van der Waals surface area contributed by atoms with E-state index in [2.05, 4.69) is 15.0 Å². The van der Waals surface area contributed by atoms with Crippen LogP contribution in [0.1, 0.15) is 12.0 Å². The third kappa shape index (κ3) is 5.46. The van der Waals surface area contributed by atoms with Gasteiger partial charge in [-0.05, 0) is 17.7 Å². The summed E-state index contributed by atoms with van der Waals surface area (Å²) in [7, 11) is 1.31. The molecule has 1 amide bonds. The number of hydrogen-bond acceptors (Lipinski definition) is 4. The summed E-state index contributed by atoms with van der Waals surface area (Å²) in [5, 5.41) is 2.57. The summed E-state index contributed by atoms with van der Waals surface area (Å²) in [6.45, 7) is 0.267. The lowest BCUT2D eigenvalue weighted by molar-refractivity contribution is -0.140. The highest BCUT2D eigenvalue weighted by Gasteiger charge is 2.00. The average molecular weight is 234 g/mol. The Balaban J connectivity index is 2.30. The number of pyridine rings is 1. The number of amides is 1. The third-order valence-corrected chi connectivity index (χ3v) is 1.97. The van der Waals surface area contributed by atoms with Gasteiger partial charge in [0.05, 0.1) is 13.5 Å². The zero-order chi connectivity index (χ0) is 12.5. The van der Waals surface area contributed by atoms with Gasteiger partial charge in [0.15, 0.2) is 0 Å². The molecule has 0 saturated carbocycles. The lowest BCUT2D eigenvalue weighted by Crippen LogP contribution is -2.24. The van der Waals surface area contributed by atoms with Crippen LogP contribution in [0.4, 0.5) is 0 Å². The van der Waals surface area contributed by atoms with Crippen LogP contribution in [-0.4, -0.2) is 30.5 Å². The van der Waals surface area contributed by atoms with Crippen molar-refractivity contribution in [3.8, 4) is 0 Å². The number of carbonyl (C=O) groups excluding carboxylic acids is 2. The second-order valence-electron chi connectivity index (χ2n) is 3.24. The van der Waals surface area contributed by atoms with Crippen molar-refractivity contribution in [1.29, 1.82) is 0 Å². The molecule has 1 heterocycles. The largest absolute Gasteiger partial charge is 0.469 e. The highest BCUT2D eigenvalue weighted by molar-refractivity contribution is 5.91. The zero-order valence-electron chi connectivity index (χ0n) is 9.55. The van der Waals surface area contributed by atoms with Gasteiger partial charge >= 0.3 is 5.97 Å². The van der Waals surface area contributed by atoms with E-state index in [9.17, 15) is 9.59 Å². The maximum atomic E-state index is 11.3. The van der Waals surface area contributed by atoms with Crippen LogP contribution in [0.2, 0.25) is 0 Å². The summed E-state index contributed by atoms with van der Waals surface area (Å²) < 4.78 is 4.44. The molecule has 1 rings (SSSR count). The number of aromatic nitrogens is 1. The van der Waals surface area contributed by atoms with E-state index in [0.29, 0.717) is 0 Å². The monoisotopic (exact) mass is 234 g/mol. The molecule has 0 saturated heterocycles. The predicted molar refractivity (Wildman–Crippen MR) is 62.9 cm³/mol. The minimum atomic E-state index is -0.346. The Labute approximate surface area is 99.5 Å². The van der Waals surface area contributed by atoms with Gasteiger partial charge in [-0.15, -0.1) is 0 Å². The van der Waals surface area contributed by atoms with Crippen LogP contribution in [-0.2, 0) is 14.3 Å². The lowest BCUT2D eigenvalue weighted by Gasteiger charge is -2.00. The van der Waals surface area contributed by atoms with E-state index in [-0.39, 0.29) is 24.8 Å². The van der Waals surface area contributed by atoms with Crippen LogP contribution in [0.25, 0.3) is 6.08 Å². The Morgan fingerprint density at radius 1 is 1.53 bits per heavy atom. The predicted octanol–water partition coefficient (Wildman–Crippen LogP) is 0.774. The van der Waals surface area contributed by atoms with Crippen LogP contribution in [0, 0.1) is 0 Å². The lowest BCUT2D eigenvalue weighted by atomic mass is 10.2. The Morgan fingerprint density at radius 2 is 2.35 bits per heavy atom. The van der Waals surface area contributed by atoms with Gasteiger partial charge in [-0.25, -0.2) is 0 Å². The summed E-state index contributed by atoms with van der Waals surface area (Å²) in [6.07, 6.45) is 6.53. The van der Waals surface area contributed by atoms with E-state index in [4.69, 9.17) is 0 Å². The molecule has 5 heteroatoms. The fourth-order valence-electron chi connectivity index (χ4n) is 1.10. The Morgan fingerprint density at radius 3 is 3.00 bits per heavy atom. The molecule has 0 spiro atoms. The van der Waals surface area contributed by atoms with Crippen molar-refractivity contribution in [2.45, 2.75) is 6.42 Å². The summed E-state index contributed by atoms with van der Waals surface area (Å²) in [5.74, 6) is -0.598. The highest BCUT2D eigenvalue weighted by atomic mass is 16.5. The van der Waals surface area contributed by atoms with E-state index < -0.39 is 0 Å². The molecule has 0 fully saturated rings. The van der Waals surface area contributed by atoms with Crippen LogP contribution in [0.15, 0.2) is 30.6 Å². The molecule has 0 aliphatic heterocycles. The summed E-state index contributed by atoms with van der Waals surface area (Å²) >= 11 is 0. The van der Waals surface area contributed by atoms with Crippen molar-refractivity contribution in [2.24, 2.45) is 0 Å². The van der Waals surface area contributed by atoms with Gasteiger partial charge in [-0.3, -0.25) is 14.6 Å². The van der Waals surface area contributed by atoms with E-state index >= 15 is 0 Å². The maximum Gasteiger partial charge on any atom is 0.307 e. The smallest absolute Gasteiger partial charge is 0.307 e. The molecular formula is C12H14N2O3. The maximum absolute atomic E-state index is 11.3. The Kier molecular flexibility index (Phi) is 5.43. The molecule has 0 unspecified atom stereocenters. The van der Waals surface area contributed by atoms with Crippen molar-refractivity contribution in [1.82, 2.24) is 10.3 Å². The first-order valence-corrected chi connectivity index (χ1v) is 5.15. The van der Waals surface area contributed by atoms with E-state index in [1.165, 1.54) is 13.2 Å². The van der Waals surface area contributed by atoms with Crippen molar-refractivity contribution >= 4 is 18.0 Å². The second-order valence-corrected chi connectivity index (χ2v) is 3.24. The van der Waals surface area contributed by atoms with Crippen LogP contribution < -0.4 is 5.32 Å². The topological polar surface area (TPSA) is 68.3 Å². The minimum absolute atomic E-state index is 0.170. The van der Waals surface area contributed by atoms with Gasteiger partial charge in [0.2, 0.25) is 5.91 Å². The summed E-state index contributed by atoms with van der Waals surface area (Å²) in [4.78, 5) is 26.0. The minimum Gasteiger partial charge on any atom is -0.469 e. The molecule has 0 atom stereocenters. The molecule has 17 heavy (non-hydrogen) atoms. The van der Waals surface area contributed by atoms with Crippen molar-refractivity contribution in [2.75, 3.05) is 13.7 Å². The van der Waals surface area contributed by atoms with Gasteiger partial charge in [-0.1, -0.05) is 6.07 Å². The number of rotatable bonds is 5. The normalized spacial score (nSPS) is 10.2. The van der Waals surface area contributed by atoms with Crippen molar-refractivity contribution in [3.05, 3.63) is 36.2 Å². The van der Waals surface area contributed by atoms with Crippen LogP contribution in [0.5, 0.6) is 0 Å². The molecule has 1 aromatic rings. The molecule has 1 aromatic heterocycles. The van der Waals surface area contributed by atoms with Gasteiger partial charge in [0.25, 0.3) is 0 Å². The van der Waals surface area contributed by atoms with Crippen LogP contribution >= 0.6 is 0 Å². The molecule has 0 aliphatic rings. The molecule has 0 radical (unpaired) electrons. The van der Waals surface area contributed by atoms with Gasteiger partial charge < -0.3 is 10.1 Å². The number of esters is 1. The van der Waals surface area contributed by atoms with E-state index in [1.807, 2.05) is 6.07 Å². The van der Waals surface area contributed by atoms with Crippen molar-refractivity contribution < 1.29 is 14.3 Å². The van der Waals surface area contributed by atoms with Gasteiger partial charge in [-0.2, -0.15) is 0 Å². The SMILES string of the molecule is COC(=O)CCNC(=O)C=Cc1cccnc1. The van der Waals surface area contributed by atoms with E-state index in [1.54, 1.807) is 24.5 Å². The first-order chi connectivity index (χ1) is 8.22. The molecule has 0 aromatic carbocycles. The summed E-state index contributed by atoms with van der Waals surface area (Å²) in [5.41, 5.74) is 0.843. The van der Waals surface area contributed by atoms with Crippen LogP contribution in [0.3, 0.4) is 0 Å². The molecule has 0 bridgehead atoms. The number of methoxy groups -OCH3 is 1. The number of nitrogens with one attached hydrogen (secondary N) is 1. The molecule has 1 N–H and O–H groups in total. The molecule has 0 aliphatic carbocycles. The third-order valence-electron chi connectivity index (χ3n) is 1.97. The molecular weight excluding hydrogens is 220 g/mol. The number of nitrogens with zero attached hydrogens (tertiary/aromatic N) is 1. The number of hydrogen-bond donors (Lipinski definition) is 1. The fourth-order valence-corrected chi connectivity index (χ4v) is 1.10. The van der Waals surface area contributed by atoms with Gasteiger partial charge in [0, 0.05) is 25.0 Å². The Bertz CT molecular complexity index is 401. The zero-order valence-corrected chi connectivity index (χ0v) is 9.55. The molecule has 5 nitrogen and oxygen atoms in total. The highest BCUT2D eigenvalue weighted by Crippen LogP contribution is 1.97. The quantitative estimate of drug-likeness (QED) is 0.603. The summed E-state index contributed by atoms with van der Waals surface area (Å²) in [6, 6.07) is 3.63. The Hall–Kier alpha value is -2.17. The second kappa shape index (κ2) is 7.16. The first-order valence-electron chi connectivity index (χ1n) is 5.15. The van der Waals surface area contributed by atoms with Gasteiger partial charge in [0.1, 0.15) is 0 Å². The number of ether oxygens (including phenoxy) is 1. The van der Waals surface area contributed by atoms with E-state index in [0.717, 1.165) is 5.56 Å². The average Bonchev–Trinajstić information content (AvgIpc) is 2.37. The number of carbonyl (C=O) groups is 2. The first kappa shape index (κ1) is 12.9.